The van der Waals surface area contributed by atoms with Crippen molar-refractivity contribution in [3.05, 3.63) is 42.5 Å². The first-order chi connectivity index (χ1) is 15.5. The summed E-state index contributed by atoms with van der Waals surface area (Å²) in [7, 11) is 1.80. The lowest BCUT2D eigenvalue weighted by Crippen LogP contribution is -2.66. The molecule has 0 unspecified atom stereocenters. The zero-order valence-electron chi connectivity index (χ0n) is 17.7. The van der Waals surface area contributed by atoms with Crippen LogP contribution in [-0.4, -0.2) is 78.7 Å². The summed E-state index contributed by atoms with van der Waals surface area (Å²) < 4.78 is 32.8. The second-order valence-electron chi connectivity index (χ2n) is 8.60. The van der Waals surface area contributed by atoms with Crippen molar-refractivity contribution in [3.8, 4) is 5.69 Å². The number of anilines is 2. The highest BCUT2D eigenvalue weighted by Gasteiger charge is 2.49. The van der Waals surface area contributed by atoms with E-state index in [1.54, 1.807) is 23.9 Å². The second kappa shape index (κ2) is 8.01. The molecule has 168 valence electrons. The van der Waals surface area contributed by atoms with Crippen molar-refractivity contribution < 1.29 is 18.3 Å². The molecular formula is C22H24F2N6O2. The molecule has 6 rings (SSSR count). The van der Waals surface area contributed by atoms with Crippen LogP contribution in [0.25, 0.3) is 16.7 Å². The van der Waals surface area contributed by atoms with Crippen LogP contribution in [0.5, 0.6) is 0 Å². The maximum Gasteiger partial charge on any atom is 0.209 e. The third-order valence-corrected chi connectivity index (χ3v) is 6.07. The Morgan fingerprint density at radius 2 is 2.03 bits per heavy atom. The molecule has 1 amide bonds. The van der Waals surface area contributed by atoms with Gasteiger partial charge in [-0.3, -0.25) is 4.79 Å². The number of nitrogens with zero attached hydrogens (tertiary/aromatic N) is 5. The molecule has 1 spiro atoms. The highest BCUT2D eigenvalue weighted by atomic mass is 19.1. The molecule has 1 N–H and O–H groups in total. The third kappa shape index (κ3) is 3.75. The number of carbonyl (C=O) groups excluding carboxylic acids is 1. The van der Waals surface area contributed by atoms with E-state index >= 15 is 0 Å². The maximum atomic E-state index is 14.2. The molecule has 0 radical (unpaired) electrons. The summed E-state index contributed by atoms with van der Waals surface area (Å²) in [6, 6.07) is 6.94. The molecule has 8 nitrogen and oxygen atoms in total. The second-order valence-corrected chi connectivity index (χ2v) is 8.60. The predicted molar refractivity (Wildman–Crippen MR) is 116 cm³/mol. The summed E-state index contributed by atoms with van der Waals surface area (Å²) in [5.74, 6) is -0.318. The summed E-state index contributed by atoms with van der Waals surface area (Å²) in [5.41, 5.74) is 3.28. The molecule has 0 atom stereocenters. The zero-order valence-corrected chi connectivity index (χ0v) is 17.7. The van der Waals surface area contributed by atoms with Gasteiger partial charge in [-0.05, 0) is 24.3 Å². The number of benzene rings is 1. The van der Waals surface area contributed by atoms with Crippen molar-refractivity contribution in [1.29, 1.82) is 0 Å². The van der Waals surface area contributed by atoms with E-state index in [1.807, 2.05) is 12.4 Å². The van der Waals surface area contributed by atoms with Crippen LogP contribution in [0.15, 0.2) is 36.7 Å². The molecule has 10 heteroatoms. The summed E-state index contributed by atoms with van der Waals surface area (Å²) >= 11 is 0. The number of nitrogens with one attached hydrogen (secondary N) is 1. The van der Waals surface area contributed by atoms with Crippen molar-refractivity contribution in [3.63, 3.8) is 0 Å². The first kappa shape index (κ1) is 20.6. The molecule has 3 fully saturated rings. The summed E-state index contributed by atoms with van der Waals surface area (Å²) in [5, 5.41) is 8.33. The lowest BCUT2D eigenvalue weighted by atomic mass is 9.78. The lowest BCUT2D eigenvalue weighted by Gasteiger charge is -2.55. The number of hydrogen-bond acceptors (Lipinski definition) is 6. The van der Waals surface area contributed by atoms with Crippen LogP contribution in [-0.2, 0) is 9.53 Å². The number of halogens is 2. The molecule has 3 aliphatic rings. The molecule has 5 heterocycles. The number of rotatable bonds is 4. The van der Waals surface area contributed by atoms with Crippen LogP contribution in [0.4, 0.5) is 20.2 Å². The summed E-state index contributed by atoms with van der Waals surface area (Å²) in [6.45, 7) is 4.32. The first-order valence-corrected chi connectivity index (χ1v) is 10.5. The first-order valence-electron chi connectivity index (χ1n) is 10.5. The number of aromatic nitrogens is 3. The maximum absolute atomic E-state index is 14.2. The third-order valence-electron chi connectivity index (χ3n) is 6.07. The number of amides is 1. The van der Waals surface area contributed by atoms with E-state index in [1.165, 1.54) is 11.0 Å². The molecule has 3 saturated heterocycles. The van der Waals surface area contributed by atoms with Gasteiger partial charge in [0, 0.05) is 37.4 Å². The van der Waals surface area contributed by atoms with Crippen LogP contribution in [0.1, 0.15) is 0 Å². The topological polar surface area (TPSA) is 75.5 Å². The van der Waals surface area contributed by atoms with Gasteiger partial charge in [-0.2, -0.15) is 0 Å². The molecule has 0 aliphatic carbocycles. The molecule has 3 aliphatic heterocycles. The average molecular weight is 442 g/mol. The van der Waals surface area contributed by atoms with Gasteiger partial charge < -0.3 is 19.9 Å². The number of alkyl halides is 1. The molecule has 3 aromatic rings. The zero-order chi connectivity index (χ0) is 22.3. The van der Waals surface area contributed by atoms with E-state index in [0.29, 0.717) is 36.2 Å². The van der Waals surface area contributed by atoms with E-state index in [-0.39, 0.29) is 5.82 Å². The van der Waals surface area contributed by atoms with Crippen LogP contribution in [0.3, 0.4) is 0 Å². The highest BCUT2D eigenvalue weighted by molar-refractivity contribution is 5.79. The summed E-state index contributed by atoms with van der Waals surface area (Å²) in [4.78, 5) is 17.8. The van der Waals surface area contributed by atoms with Gasteiger partial charge in [0.15, 0.2) is 5.65 Å². The van der Waals surface area contributed by atoms with E-state index < -0.39 is 6.17 Å². The van der Waals surface area contributed by atoms with Gasteiger partial charge in [-0.1, -0.05) is 0 Å². The molecule has 2 aromatic heterocycles. The van der Waals surface area contributed by atoms with Crippen LogP contribution < -0.4 is 10.2 Å². The number of hydrogen-bond donors (Lipinski definition) is 1. The smallest absolute Gasteiger partial charge is 0.209 e. The fourth-order valence-corrected chi connectivity index (χ4v) is 4.11. The minimum Gasteiger partial charge on any atom is -0.388 e. The quantitative estimate of drug-likeness (QED) is 0.625. The number of ether oxygens (including phenoxy) is 1. The van der Waals surface area contributed by atoms with Gasteiger partial charge in [-0.15, -0.1) is 5.10 Å². The van der Waals surface area contributed by atoms with E-state index in [2.05, 4.69) is 26.4 Å². The average Bonchev–Trinajstić information content (AvgIpc) is 3.13. The van der Waals surface area contributed by atoms with Gasteiger partial charge in [0.05, 0.1) is 43.6 Å². The van der Waals surface area contributed by atoms with Crippen molar-refractivity contribution in [1.82, 2.24) is 19.7 Å². The minimum atomic E-state index is -0.759. The molecule has 0 bridgehead atoms. The fourth-order valence-electron chi connectivity index (χ4n) is 4.11. The van der Waals surface area contributed by atoms with Crippen molar-refractivity contribution in [2.45, 2.75) is 6.17 Å². The molecule has 1 aromatic carbocycles. The van der Waals surface area contributed by atoms with Crippen molar-refractivity contribution in [2.24, 2.45) is 5.41 Å². The molecule has 32 heavy (non-hydrogen) atoms. The standard InChI is InChI=1S/C18H18FN5O.C4H6FNO/c1-20-13-2-3-15(19)16(5-13)24-7-12-4-14(6-21-17(12)22-24)23-8-18(9-23)10-25-11-18;5-4-1-6(2-4)3-7/h2-7,20H,8-11H2,1H3;3-4H,1-2H2. The van der Waals surface area contributed by atoms with Crippen LogP contribution in [0.2, 0.25) is 0 Å². The molecular weight excluding hydrogens is 418 g/mol. The Balaban J connectivity index is 0.000000265. The Bertz CT molecular complexity index is 1130. The Morgan fingerprint density at radius 3 is 2.62 bits per heavy atom. The monoisotopic (exact) mass is 442 g/mol. The van der Waals surface area contributed by atoms with Gasteiger partial charge in [0.25, 0.3) is 0 Å². The number of likely N-dealkylation sites (tertiary alicyclic amines) is 1. The van der Waals surface area contributed by atoms with Crippen molar-refractivity contribution >= 4 is 28.8 Å². The van der Waals surface area contributed by atoms with Crippen LogP contribution >= 0.6 is 0 Å². The highest BCUT2D eigenvalue weighted by Crippen LogP contribution is 2.40. The number of carbonyl (C=O) groups is 1. The van der Waals surface area contributed by atoms with E-state index in [4.69, 9.17) is 4.74 Å². The normalized spacial score (nSPS) is 19.0. The molecule has 0 saturated carbocycles. The minimum absolute atomic E-state index is 0.295. The summed E-state index contributed by atoms with van der Waals surface area (Å²) in [6.07, 6.45) is 3.57. The Labute approximate surface area is 183 Å². The van der Waals surface area contributed by atoms with Gasteiger partial charge in [0.1, 0.15) is 17.7 Å². The van der Waals surface area contributed by atoms with E-state index in [0.717, 1.165) is 43.1 Å². The number of pyridine rings is 1. The Hall–Kier alpha value is -3.27. The predicted octanol–water partition coefficient (Wildman–Crippen LogP) is 2.23. The van der Waals surface area contributed by atoms with Gasteiger partial charge >= 0.3 is 0 Å². The number of fused-ring (bicyclic) bond motifs is 1. The Morgan fingerprint density at radius 1 is 1.25 bits per heavy atom. The SMILES string of the molecule is CNc1ccc(F)c(-n2cc3cc(N4CC5(COC5)C4)cnc3n2)c1.O=CN1CC(F)C1. The van der Waals surface area contributed by atoms with Crippen LogP contribution in [0, 0.1) is 11.2 Å². The Kier molecular flexibility index (Phi) is 5.16. The van der Waals surface area contributed by atoms with Crippen molar-refractivity contribution in [2.75, 3.05) is 56.7 Å². The fraction of sp³-hybridized carbons (Fsp3) is 0.409. The largest absolute Gasteiger partial charge is 0.388 e. The van der Waals surface area contributed by atoms with E-state index in [9.17, 15) is 13.6 Å². The lowest BCUT2D eigenvalue weighted by molar-refractivity contribution is -0.127. The van der Waals surface area contributed by atoms with Gasteiger partial charge in [0.2, 0.25) is 6.41 Å². The van der Waals surface area contributed by atoms with Gasteiger partial charge in [-0.25, -0.2) is 18.4 Å².